The van der Waals surface area contributed by atoms with Crippen LogP contribution in [-0.4, -0.2) is 11.2 Å². The van der Waals surface area contributed by atoms with Gasteiger partial charge >= 0.3 is 0 Å². The number of fused-ring (bicyclic) bond motifs is 1. The molecule has 2 aliphatic carbocycles. The van der Waals surface area contributed by atoms with Crippen molar-refractivity contribution >= 4 is 0 Å². The third-order valence-corrected chi connectivity index (χ3v) is 5.29. The lowest BCUT2D eigenvalue weighted by atomic mass is 9.91. The molecule has 0 aromatic carbocycles. The van der Waals surface area contributed by atoms with Crippen molar-refractivity contribution in [1.82, 2.24) is 0 Å². The Hall–Kier alpha value is -0.0400. The zero-order chi connectivity index (χ0) is 12.3. The molecule has 2 aliphatic rings. The van der Waals surface area contributed by atoms with Crippen LogP contribution in [-0.2, 0) is 0 Å². The van der Waals surface area contributed by atoms with E-state index in [9.17, 15) is 5.11 Å². The number of aliphatic hydroxyl groups is 1. The molecule has 0 radical (unpaired) electrons. The highest BCUT2D eigenvalue weighted by atomic mass is 16.3. The first kappa shape index (κ1) is 13.4. The summed E-state index contributed by atoms with van der Waals surface area (Å²) in [5, 5.41) is 10.4. The highest BCUT2D eigenvalue weighted by molar-refractivity contribution is 5.02. The van der Waals surface area contributed by atoms with Gasteiger partial charge in [0, 0.05) is 0 Å². The summed E-state index contributed by atoms with van der Waals surface area (Å²) in [7, 11) is 0. The molecule has 0 spiro atoms. The Kier molecular flexibility index (Phi) is 4.90. The van der Waals surface area contributed by atoms with Crippen molar-refractivity contribution in [2.45, 2.75) is 77.7 Å². The van der Waals surface area contributed by atoms with Crippen LogP contribution in [0.2, 0.25) is 0 Å². The minimum absolute atomic E-state index is 0.0184. The van der Waals surface area contributed by atoms with Crippen molar-refractivity contribution in [3.05, 3.63) is 0 Å². The Morgan fingerprint density at radius 2 is 1.76 bits per heavy atom. The lowest BCUT2D eigenvalue weighted by molar-refractivity contribution is 0.107. The Bertz CT molecular complexity index is 214. The third kappa shape index (κ3) is 3.24. The van der Waals surface area contributed by atoms with Crippen LogP contribution in [0.15, 0.2) is 0 Å². The van der Waals surface area contributed by atoms with Gasteiger partial charge in [0.05, 0.1) is 6.10 Å². The maximum absolute atomic E-state index is 10.4. The highest BCUT2D eigenvalue weighted by Gasteiger charge is 2.53. The molecule has 0 bridgehead atoms. The van der Waals surface area contributed by atoms with E-state index in [2.05, 4.69) is 13.8 Å². The van der Waals surface area contributed by atoms with E-state index < -0.39 is 0 Å². The van der Waals surface area contributed by atoms with Crippen molar-refractivity contribution in [2.24, 2.45) is 23.7 Å². The Morgan fingerprint density at radius 1 is 1.12 bits per heavy atom. The van der Waals surface area contributed by atoms with E-state index in [0.717, 1.165) is 24.2 Å². The molecule has 0 aromatic heterocycles. The molecule has 2 saturated carbocycles. The van der Waals surface area contributed by atoms with Crippen LogP contribution in [0.5, 0.6) is 0 Å². The molecule has 1 N–H and O–H groups in total. The van der Waals surface area contributed by atoms with E-state index in [0.29, 0.717) is 5.92 Å². The van der Waals surface area contributed by atoms with Crippen molar-refractivity contribution in [1.29, 1.82) is 0 Å². The quantitative estimate of drug-likeness (QED) is 0.697. The Labute approximate surface area is 107 Å². The summed E-state index contributed by atoms with van der Waals surface area (Å²) in [6.45, 7) is 4.55. The lowest BCUT2D eigenvalue weighted by Crippen LogP contribution is -2.17. The molecule has 17 heavy (non-hydrogen) atoms. The minimum Gasteiger partial charge on any atom is -0.393 e. The molecular formula is C16H30O. The van der Waals surface area contributed by atoms with Crippen molar-refractivity contribution in [2.75, 3.05) is 0 Å². The van der Waals surface area contributed by atoms with Gasteiger partial charge in [-0.2, -0.15) is 0 Å². The zero-order valence-electron chi connectivity index (χ0n) is 11.7. The van der Waals surface area contributed by atoms with Gasteiger partial charge in [-0.05, 0) is 42.9 Å². The Balaban J connectivity index is 1.74. The first-order valence-electron chi connectivity index (χ1n) is 7.96. The normalized spacial score (nSPS) is 35.1. The second-order valence-corrected chi connectivity index (χ2v) is 6.41. The standard InChI is InChI=1S/C16H30O/c1-3-5-8-12(4-2)11-15(17)16-13-9-6-7-10-14(13)16/h12-17H,3-11H2,1-2H3. The van der Waals surface area contributed by atoms with Gasteiger partial charge in [0.15, 0.2) is 0 Å². The van der Waals surface area contributed by atoms with Crippen LogP contribution >= 0.6 is 0 Å². The van der Waals surface area contributed by atoms with Gasteiger partial charge in [0.1, 0.15) is 0 Å². The van der Waals surface area contributed by atoms with Crippen LogP contribution in [0.25, 0.3) is 0 Å². The zero-order valence-corrected chi connectivity index (χ0v) is 11.7. The third-order valence-electron chi connectivity index (χ3n) is 5.29. The molecule has 100 valence electrons. The molecule has 0 aromatic rings. The van der Waals surface area contributed by atoms with Gasteiger partial charge in [-0.3, -0.25) is 0 Å². The summed E-state index contributed by atoms with van der Waals surface area (Å²) in [6, 6.07) is 0. The molecule has 1 nitrogen and oxygen atoms in total. The molecule has 2 rings (SSSR count). The largest absolute Gasteiger partial charge is 0.393 e. The van der Waals surface area contributed by atoms with Crippen LogP contribution in [0.1, 0.15) is 71.6 Å². The highest BCUT2D eigenvalue weighted by Crippen LogP contribution is 2.57. The van der Waals surface area contributed by atoms with Crippen LogP contribution in [0, 0.1) is 23.7 Å². The summed E-state index contributed by atoms with van der Waals surface area (Å²) in [5.41, 5.74) is 0. The predicted octanol–water partition coefficient (Wildman–Crippen LogP) is 4.39. The molecule has 1 heteroatoms. The second kappa shape index (κ2) is 6.22. The SMILES string of the molecule is CCCCC(CC)CC(O)C1C2CCCCC21. The Morgan fingerprint density at radius 3 is 2.29 bits per heavy atom. The topological polar surface area (TPSA) is 20.2 Å². The summed E-state index contributed by atoms with van der Waals surface area (Å²) in [6.07, 6.45) is 11.9. The van der Waals surface area contributed by atoms with Gasteiger partial charge in [-0.25, -0.2) is 0 Å². The molecule has 0 amide bonds. The average molecular weight is 238 g/mol. The van der Waals surface area contributed by atoms with Crippen molar-refractivity contribution < 1.29 is 5.11 Å². The molecular weight excluding hydrogens is 208 g/mol. The molecule has 0 heterocycles. The summed E-state index contributed by atoms with van der Waals surface area (Å²) in [4.78, 5) is 0. The first-order chi connectivity index (χ1) is 8.27. The number of aliphatic hydroxyl groups excluding tert-OH is 1. The summed E-state index contributed by atoms with van der Waals surface area (Å²) >= 11 is 0. The molecule has 2 fully saturated rings. The first-order valence-corrected chi connectivity index (χ1v) is 7.96. The molecule has 4 unspecified atom stereocenters. The van der Waals surface area contributed by atoms with Gasteiger partial charge in [-0.15, -0.1) is 0 Å². The predicted molar refractivity (Wildman–Crippen MR) is 72.9 cm³/mol. The second-order valence-electron chi connectivity index (χ2n) is 6.41. The van der Waals surface area contributed by atoms with Crippen molar-refractivity contribution in [3.8, 4) is 0 Å². The fourth-order valence-corrected chi connectivity index (χ4v) is 4.10. The van der Waals surface area contributed by atoms with E-state index in [1.807, 2.05) is 0 Å². The van der Waals surface area contributed by atoms with E-state index in [4.69, 9.17) is 0 Å². The number of hydrogen-bond acceptors (Lipinski definition) is 1. The summed E-state index contributed by atoms with van der Waals surface area (Å²) in [5.74, 6) is 3.27. The fourth-order valence-electron chi connectivity index (χ4n) is 4.10. The van der Waals surface area contributed by atoms with E-state index >= 15 is 0 Å². The van der Waals surface area contributed by atoms with E-state index in [-0.39, 0.29) is 6.10 Å². The van der Waals surface area contributed by atoms with Gasteiger partial charge < -0.3 is 5.11 Å². The minimum atomic E-state index is 0.0184. The summed E-state index contributed by atoms with van der Waals surface area (Å²) < 4.78 is 0. The van der Waals surface area contributed by atoms with E-state index in [1.165, 1.54) is 51.4 Å². The fraction of sp³-hybridized carbons (Fsp3) is 1.00. The van der Waals surface area contributed by atoms with Gasteiger partial charge in [0.2, 0.25) is 0 Å². The van der Waals surface area contributed by atoms with E-state index in [1.54, 1.807) is 0 Å². The van der Waals surface area contributed by atoms with Crippen LogP contribution in [0.3, 0.4) is 0 Å². The average Bonchev–Trinajstić information content (AvgIpc) is 3.08. The lowest BCUT2D eigenvalue weighted by Gasteiger charge is -2.19. The maximum Gasteiger partial charge on any atom is 0.0576 e. The van der Waals surface area contributed by atoms with Crippen LogP contribution in [0.4, 0.5) is 0 Å². The van der Waals surface area contributed by atoms with Crippen molar-refractivity contribution in [3.63, 3.8) is 0 Å². The molecule has 4 atom stereocenters. The van der Waals surface area contributed by atoms with Crippen LogP contribution < -0.4 is 0 Å². The number of rotatable bonds is 7. The maximum atomic E-state index is 10.4. The number of unbranched alkanes of at least 4 members (excludes halogenated alkanes) is 1. The number of hydrogen-bond donors (Lipinski definition) is 1. The van der Waals surface area contributed by atoms with Gasteiger partial charge in [0.25, 0.3) is 0 Å². The monoisotopic (exact) mass is 238 g/mol. The molecule has 0 aliphatic heterocycles. The van der Waals surface area contributed by atoms with Gasteiger partial charge in [-0.1, -0.05) is 52.4 Å². The smallest absolute Gasteiger partial charge is 0.0576 e. The molecule has 0 saturated heterocycles.